The van der Waals surface area contributed by atoms with Crippen molar-refractivity contribution in [2.24, 2.45) is 5.92 Å². The maximum Gasteiger partial charge on any atom is 0.228 e. The lowest BCUT2D eigenvalue weighted by Crippen LogP contribution is -2.44. The molecule has 0 aliphatic carbocycles. The van der Waals surface area contributed by atoms with Crippen LogP contribution in [0.25, 0.3) is 0 Å². The van der Waals surface area contributed by atoms with E-state index < -0.39 is 15.9 Å². The second kappa shape index (κ2) is 11.3. The second-order valence-electron chi connectivity index (χ2n) is 8.50. The van der Waals surface area contributed by atoms with Gasteiger partial charge in [0.15, 0.2) is 5.75 Å². The quantitative estimate of drug-likeness (QED) is 0.465. The minimum absolute atomic E-state index is 0.0873. The van der Waals surface area contributed by atoms with E-state index in [1.54, 1.807) is 12.1 Å². The number of nitrogens with one attached hydrogen (secondary N) is 1. The maximum absolute atomic E-state index is 13.1. The van der Waals surface area contributed by atoms with Crippen LogP contribution in [0, 0.1) is 5.92 Å². The van der Waals surface area contributed by atoms with E-state index >= 15 is 0 Å². The Bertz CT molecular complexity index is 1180. The lowest BCUT2D eigenvalue weighted by Gasteiger charge is -2.31. The molecule has 0 saturated carbocycles. The van der Waals surface area contributed by atoms with E-state index in [4.69, 9.17) is 4.74 Å². The van der Waals surface area contributed by atoms with Crippen molar-refractivity contribution in [3.05, 3.63) is 90.5 Å². The highest BCUT2D eigenvalue weighted by molar-refractivity contribution is 7.89. The fourth-order valence-electron chi connectivity index (χ4n) is 4.15. The molecule has 0 radical (unpaired) electrons. The molecule has 1 heterocycles. The fourth-order valence-corrected chi connectivity index (χ4v) is 5.73. The van der Waals surface area contributed by atoms with E-state index in [0.29, 0.717) is 43.0 Å². The van der Waals surface area contributed by atoms with Crippen LogP contribution in [0.15, 0.2) is 84.9 Å². The third-order valence-corrected chi connectivity index (χ3v) is 7.90. The van der Waals surface area contributed by atoms with Crippen LogP contribution in [0.2, 0.25) is 0 Å². The Balaban J connectivity index is 1.35. The first-order chi connectivity index (χ1) is 16.5. The first-order valence-corrected chi connectivity index (χ1v) is 13.3. The van der Waals surface area contributed by atoms with Gasteiger partial charge < -0.3 is 10.1 Å². The molecule has 1 N–H and O–H groups in total. The van der Waals surface area contributed by atoms with Gasteiger partial charge in [0, 0.05) is 13.1 Å². The number of piperidine rings is 1. The van der Waals surface area contributed by atoms with Crippen molar-refractivity contribution in [3.63, 3.8) is 0 Å². The molecule has 1 aliphatic rings. The summed E-state index contributed by atoms with van der Waals surface area (Å²) in [4.78, 5) is 13.1. The third-order valence-electron chi connectivity index (χ3n) is 5.97. The number of anilines is 1. The summed E-state index contributed by atoms with van der Waals surface area (Å²) in [6.07, 6.45) is 2.60. The van der Waals surface area contributed by atoms with Crippen molar-refractivity contribution in [3.8, 4) is 11.5 Å². The van der Waals surface area contributed by atoms with Crippen LogP contribution in [0.3, 0.4) is 0 Å². The van der Waals surface area contributed by atoms with E-state index in [9.17, 15) is 13.2 Å². The fraction of sp³-hybridized carbons (Fsp3) is 0.296. The zero-order valence-corrected chi connectivity index (χ0v) is 19.9. The predicted octanol–water partition coefficient (Wildman–Crippen LogP) is 5.09. The van der Waals surface area contributed by atoms with Gasteiger partial charge in [-0.2, -0.15) is 0 Å². The number of carbonyl (C=O) groups excluding carboxylic acids is 1. The van der Waals surface area contributed by atoms with Gasteiger partial charge in [-0.25, -0.2) is 12.7 Å². The Morgan fingerprint density at radius 1 is 0.941 bits per heavy atom. The average molecular weight is 479 g/mol. The highest BCUT2D eigenvalue weighted by Gasteiger charge is 2.32. The second-order valence-corrected chi connectivity index (χ2v) is 10.6. The summed E-state index contributed by atoms with van der Waals surface area (Å²) < 4.78 is 33.3. The molecule has 0 bridgehead atoms. The SMILES string of the molecule is O=C(Nc1ccccc1Oc1ccccc1)[C@@H]1CCCN(S(=O)(=O)CCCc2ccccc2)C1. The van der Waals surface area contributed by atoms with E-state index in [1.807, 2.05) is 72.8 Å². The van der Waals surface area contributed by atoms with Crippen LogP contribution >= 0.6 is 0 Å². The van der Waals surface area contributed by atoms with Crippen LogP contribution in [-0.2, 0) is 21.2 Å². The molecule has 0 unspecified atom stereocenters. The molecule has 1 fully saturated rings. The molecule has 1 aliphatic heterocycles. The van der Waals surface area contributed by atoms with Crippen molar-refractivity contribution in [2.75, 3.05) is 24.2 Å². The average Bonchev–Trinajstić information content (AvgIpc) is 2.86. The van der Waals surface area contributed by atoms with E-state index in [0.717, 1.165) is 12.0 Å². The van der Waals surface area contributed by atoms with Gasteiger partial charge in [0.1, 0.15) is 5.75 Å². The number of sulfonamides is 1. The van der Waals surface area contributed by atoms with E-state index in [1.165, 1.54) is 4.31 Å². The Morgan fingerprint density at radius 2 is 1.62 bits per heavy atom. The molecule has 3 aromatic rings. The normalized spacial score (nSPS) is 16.6. The van der Waals surface area contributed by atoms with Gasteiger partial charge in [0.25, 0.3) is 0 Å². The van der Waals surface area contributed by atoms with Crippen molar-refractivity contribution >= 4 is 21.6 Å². The number of para-hydroxylation sites is 3. The number of rotatable bonds is 9. The van der Waals surface area contributed by atoms with Gasteiger partial charge in [0.05, 0.1) is 17.4 Å². The topological polar surface area (TPSA) is 75.7 Å². The zero-order valence-electron chi connectivity index (χ0n) is 19.1. The molecule has 34 heavy (non-hydrogen) atoms. The monoisotopic (exact) mass is 478 g/mol. The number of amides is 1. The van der Waals surface area contributed by atoms with Crippen LogP contribution in [0.5, 0.6) is 11.5 Å². The Morgan fingerprint density at radius 3 is 2.38 bits per heavy atom. The number of nitrogens with zero attached hydrogens (tertiary/aromatic N) is 1. The first kappa shape index (κ1) is 24.0. The lowest BCUT2D eigenvalue weighted by atomic mass is 9.98. The molecule has 0 spiro atoms. The molecule has 3 aromatic carbocycles. The molecular formula is C27H30N2O4S. The molecule has 178 valence electrons. The molecule has 1 atom stereocenters. The number of aryl methyl sites for hydroxylation is 1. The van der Waals surface area contributed by atoms with Crippen LogP contribution in [0.1, 0.15) is 24.8 Å². The first-order valence-electron chi connectivity index (χ1n) is 11.7. The number of benzene rings is 3. The van der Waals surface area contributed by atoms with Gasteiger partial charge in [-0.15, -0.1) is 0 Å². The van der Waals surface area contributed by atoms with Crippen molar-refractivity contribution in [2.45, 2.75) is 25.7 Å². The number of hydrogen-bond donors (Lipinski definition) is 1. The molecule has 1 amide bonds. The van der Waals surface area contributed by atoms with Gasteiger partial charge in [0.2, 0.25) is 15.9 Å². The van der Waals surface area contributed by atoms with Gasteiger partial charge >= 0.3 is 0 Å². The highest BCUT2D eigenvalue weighted by atomic mass is 32.2. The minimum atomic E-state index is -3.41. The Hall–Kier alpha value is -3.16. The zero-order chi connectivity index (χ0) is 23.8. The predicted molar refractivity (Wildman–Crippen MR) is 134 cm³/mol. The Labute approximate surface area is 201 Å². The highest BCUT2D eigenvalue weighted by Crippen LogP contribution is 2.30. The number of hydrogen-bond acceptors (Lipinski definition) is 4. The van der Waals surface area contributed by atoms with Gasteiger partial charge in [-0.3, -0.25) is 4.79 Å². The van der Waals surface area contributed by atoms with Crippen LogP contribution < -0.4 is 10.1 Å². The van der Waals surface area contributed by atoms with Crippen molar-refractivity contribution < 1.29 is 17.9 Å². The molecule has 1 saturated heterocycles. The summed E-state index contributed by atoms with van der Waals surface area (Å²) in [5.74, 6) is 0.720. The Kier molecular flexibility index (Phi) is 7.98. The standard InChI is InChI=1S/C27H30N2O4S/c30-27(28-25-17-7-8-18-26(25)33-24-15-5-2-6-16-24)23-14-9-19-29(21-23)34(31,32)20-10-13-22-11-3-1-4-12-22/h1-8,11-12,15-18,23H,9-10,13-14,19-21H2,(H,28,30)/t23-/m1/s1. The van der Waals surface area contributed by atoms with Crippen LogP contribution in [0.4, 0.5) is 5.69 Å². The maximum atomic E-state index is 13.1. The van der Waals surface area contributed by atoms with E-state index in [-0.39, 0.29) is 18.2 Å². The summed E-state index contributed by atoms with van der Waals surface area (Å²) in [5, 5.41) is 2.95. The smallest absolute Gasteiger partial charge is 0.228 e. The number of ether oxygens (including phenoxy) is 1. The third kappa shape index (κ3) is 6.46. The van der Waals surface area contributed by atoms with E-state index in [2.05, 4.69) is 5.32 Å². The lowest BCUT2D eigenvalue weighted by molar-refractivity contribution is -0.120. The molecule has 4 rings (SSSR count). The molecule has 6 nitrogen and oxygen atoms in total. The largest absolute Gasteiger partial charge is 0.455 e. The van der Waals surface area contributed by atoms with Crippen LogP contribution in [-0.4, -0.2) is 37.5 Å². The molecular weight excluding hydrogens is 448 g/mol. The number of carbonyl (C=O) groups is 1. The summed E-state index contributed by atoms with van der Waals surface area (Å²) in [7, 11) is -3.41. The van der Waals surface area contributed by atoms with Crippen molar-refractivity contribution in [1.82, 2.24) is 4.31 Å². The summed E-state index contributed by atoms with van der Waals surface area (Å²) in [6.45, 7) is 0.673. The summed E-state index contributed by atoms with van der Waals surface area (Å²) in [5.41, 5.74) is 1.70. The molecule has 0 aromatic heterocycles. The summed E-state index contributed by atoms with van der Waals surface area (Å²) in [6, 6.07) is 26.5. The van der Waals surface area contributed by atoms with Gasteiger partial charge in [-0.1, -0.05) is 60.7 Å². The minimum Gasteiger partial charge on any atom is -0.455 e. The summed E-state index contributed by atoms with van der Waals surface area (Å²) >= 11 is 0. The molecule has 7 heteroatoms. The van der Waals surface area contributed by atoms with Gasteiger partial charge in [-0.05, 0) is 55.5 Å². The van der Waals surface area contributed by atoms with Crippen molar-refractivity contribution in [1.29, 1.82) is 0 Å².